The van der Waals surface area contributed by atoms with Gasteiger partial charge in [0.15, 0.2) is 0 Å². The van der Waals surface area contributed by atoms with Gasteiger partial charge in [-0.1, -0.05) is 0 Å². The van der Waals surface area contributed by atoms with Crippen LogP contribution < -0.4 is 16.2 Å². The van der Waals surface area contributed by atoms with E-state index in [1.165, 1.54) is 6.33 Å². The lowest BCUT2D eigenvalue weighted by atomic mass is 10.3. The fraction of sp³-hybridized carbons (Fsp3) is 0.600. The van der Waals surface area contributed by atoms with Crippen LogP contribution in [0.25, 0.3) is 0 Å². The summed E-state index contributed by atoms with van der Waals surface area (Å²) in [7, 11) is 0. The molecule has 0 aromatic carbocycles. The second kappa shape index (κ2) is 5.61. The maximum atomic E-state index is 11.5. The van der Waals surface area contributed by atoms with Crippen LogP contribution in [-0.2, 0) is 0 Å². The molecule has 1 aliphatic heterocycles. The van der Waals surface area contributed by atoms with Crippen molar-refractivity contribution in [2.75, 3.05) is 44.2 Å². The van der Waals surface area contributed by atoms with Gasteiger partial charge in [-0.3, -0.25) is 9.69 Å². The number of hydrogen-bond donors (Lipinski definition) is 2. The Bertz CT molecular complexity index is 427. The van der Waals surface area contributed by atoms with Crippen molar-refractivity contribution in [2.24, 2.45) is 5.73 Å². The highest BCUT2D eigenvalue weighted by atomic mass is 79.9. The van der Waals surface area contributed by atoms with Gasteiger partial charge in [0.25, 0.3) is 5.56 Å². The zero-order chi connectivity index (χ0) is 12.3. The summed E-state index contributed by atoms with van der Waals surface area (Å²) in [6.07, 6.45) is 1.44. The summed E-state index contributed by atoms with van der Waals surface area (Å²) in [5.41, 5.74) is 5.39. The predicted molar refractivity (Wildman–Crippen MR) is 70.3 cm³/mol. The Morgan fingerprint density at radius 3 is 2.76 bits per heavy atom. The zero-order valence-electron chi connectivity index (χ0n) is 9.53. The Hall–Kier alpha value is -0.920. The molecule has 2 heterocycles. The molecule has 2 rings (SSSR count). The molecule has 0 saturated carbocycles. The predicted octanol–water partition coefficient (Wildman–Crippen LogP) is -0.387. The van der Waals surface area contributed by atoms with Crippen molar-refractivity contribution in [3.63, 3.8) is 0 Å². The molecular formula is C10H16BrN5O. The minimum atomic E-state index is -0.139. The molecule has 0 amide bonds. The molecule has 0 radical (unpaired) electrons. The van der Waals surface area contributed by atoms with Crippen LogP contribution in [0, 0.1) is 0 Å². The number of hydrogen-bond acceptors (Lipinski definition) is 5. The summed E-state index contributed by atoms with van der Waals surface area (Å²) < 4.78 is 0.507. The van der Waals surface area contributed by atoms with E-state index in [-0.39, 0.29) is 5.56 Å². The largest absolute Gasteiger partial charge is 0.353 e. The van der Waals surface area contributed by atoms with Crippen LogP contribution in [0.5, 0.6) is 0 Å². The van der Waals surface area contributed by atoms with Crippen molar-refractivity contribution in [3.8, 4) is 0 Å². The van der Waals surface area contributed by atoms with Gasteiger partial charge in [-0.15, -0.1) is 0 Å². The highest BCUT2D eigenvalue weighted by molar-refractivity contribution is 9.10. The maximum Gasteiger partial charge on any atom is 0.267 e. The number of aromatic amines is 1. The van der Waals surface area contributed by atoms with Crippen LogP contribution in [-0.4, -0.2) is 54.1 Å². The van der Waals surface area contributed by atoms with Crippen LogP contribution in [0.15, 0.2) is 15.6 Å². The highest BCUT2D eigenvalue weighted by Gasteiger charge is 2.20. The Kier molecular flexibility index (Phi) is 4.14. The van der Waals surface area contributed by atoms with Gasteiger partial charge in [-0.2, -0.15) is 0 Å². The lowest BCUT2D eigenvalue weighted by molar-refractivity contribution is 0.264. The molecule has 94 valence electrons. The summed E-state index contributed by atoms with van der Waals surface area (Å²) in [6, 6.07) is 0. The molecule has 1 saturated heterocycles. The van der Waals surface area contributed by atoms with Gasteiger partial charge < -0.3 is 15.6 Å². The van der Waals surface area contributed by atoms with Crippen LogP contribution in [0.1, 0.15) is 0 Å². The van der Waals surface area contributed by atoms with Crippen molar-refractivity contribution >= 4 is 21.7 Å². The number of halogens is 1. The molecule has 1 aromatic rings. The molecule has 17 heavy (non-hydrogen) atoms. The molecule has 0 spiro atoms. The van der Waals surface area contributed by atoms with Gasteiger partial charge in [0.05, 0.1) is 6.33 Å². The van der Waals surface area contributed by atoms with Crippen molar-refractivity contribution in [3.05, 3.63) is 21.2 Å². The number of nitrogens with one attached hydrogen (secondary N) is 1. The van der Waals surface area contributed by atoms with Crippen LogP contribution in [0.2, 0.25) is 0 Å². The normalized spacial score (nSPS) is 17.4. The number of anilines is 1. The monoisotopic (exact) mass is 301 g/mol. The van der Waals surface area contributed by atoms with Crippen molar-refractivity contribution in [1.29, 1.82) is 0 Å². The lowest BCUT2D eigenvalue weighted by Gasteiger charge is -2.35. The summed E-state index contributed by atoms with van der Waals surface area (Å²) in [6.45, 7) is 5.27. The van der Waals surface area contributed by atoms with Crippen LogP contribution in [0.4, 0.5) is 5.82 Å². The van der Waals surface area contributed by atoms with Crippen LogP contribution >= 0.6 is 15.9 Å². The van der Waals surface area contributed by atoms with Crippen molar-refractivity contribution in [1.82, 2.24) is 14.9 Å². The zero-order valence-corrected chi connectivity index (χ0v) is 11.1. The van der Waals surface area contributed by atoms with Gasteiger partial charge in [0.2, 0.25) is 0 Å². The first-order chi connectivity index (χ1) is 8.22. The van der Waals surface area contributed by atoms with E-state index in [2.05, 4.69) is 35.7 Å². The summed E-state index contributed by atoms with van der Waals surface area (Å²) >= 11 is 3.28. The molecule has 0 unspecified atom stereocenters. The molecule has 0 aliphatic carbocycles. The fourth-order valence-electron chi connectivity index (χ4n) is 1.96. The molecule has 0 bridgehead atoms. The van der Waals surface area contributed by atoms with E-state index in [1.807, 2.05) is 0 Å². The number of H-pyrrole nitrogens is 1. The Labute approximate surface area is 108 Å². The van der Waals surface area contributed by atoms with E-state index in [4.69, 9.17) is 5.73 Å². The van der Waals surface area contributed by atoms with Gasteiger partial charge in [-0.05, 0) is 15.9 Å². The van der Waals surface area contributed by atoms with E-state index < -0.39 is 0 Å². The van der Waals surface area contributed by atoms with E-state index in [0.717, 1.165) is 38.5 Å². The van der Waals surface area contributed by atoms with Gasteiger partial charge in [0, 0.05) is 39.3 Å². The quantitative estimate of drug-likeness (QED) is 0.795. The molecule has 1 aromatic heterocycles. The van der Waals surface area contributed by atoms with Crippen LogP contribution in [0.3, 0.4) is 0 Å². The summed E-state index contributed by atoms with van der Waals surface area (Å²) in [4.78, 5) is 22.6. The summed E-state index contributed by atoms with van der Waals surface area (Å²) in [5, 5.41) is 0. The SMILES string of the molecule is NCCN1CCN(c2nc[nH]c(=O)c2Br)CC1. The lowest BCUT2D eigenvalue weighted by Crippen LogP contribution is -2.48. The number of piperazine rings is 1. The molecule has 6 nitrogen and oxygen atoms in total. The first-order valence-corrected chi connectivity index (χ1v) is 6.42. The third kappa shape index (κ3) is 2.85. The molecule has 3 N–H and O–H groups in total. The van der Waals surface area contributed by atoms with E-state index in [1.54, 1.807) is 0 Å². The third-order valence-electron chi connectivity index (χ3n) is 2.90. The number of rotatable bonds is 3. The van der Waals surface area contributed by atoms with Gasteiger partial charge >= 0.3 is 0 Å². The van der Waals surface area contributed by atoms with Crippen molar-refractivity contribution in [2.45, 2.75) is 0 Å². The number of nitrogens with two attached hydrogens (primary N) is 1. The van der Waals surface area contributed by atoms with Gasteiger partial charge in [-0.25, -0.2) is 4.98 Å². The molecule has 1 fully saturated rings. The standard InChI is InChI=1S/C10H16BrN5O/c11-8-9(13-7-14-10(8)17)16-5-3-15(2-1-12)4-6-16/h7H,1-6,12H2,(H,13,14,17). The first-order valence-electron chi connectivity index (χ1n) is 5.63. The summed E-state index contributed by atoms with van der Waals surface area (Å²) in [5.74, 6) is 0.723. The molecular weight excluding hydrogens is 286 g/mol. The van der Waals surface area contributed by atoms with E-state index in [0.29, 0.717) is 11.0 Å². The molecule has 1 aliphatic rings. The Balaban J connectivity index is 2.05. The van der Waals surface area contributed by atoms with Gasteiger partial charge in [0.1, 0.15) is 10.3 Å². The second-order valence-corrected chi connectivity index (χ2v) is 4.78. The minimum Gasteiger partial charge on any atom is -0.353 e. The minimum absolute atomic E-state index is 0.139. The van der Waals surface area contributed by atoms with Crippen molar-refractivity contribution < 1.29 is 0 Å². The first kappa shape index (κ1) is 12.5. The average Bonchev–Trinajstić information content (AvgIpc) is 2.34. The number of nitrogens with zero attached hydrogens (tertiary/aromatic N) is 3. The van der Waals surface area contributed by atoms with E-state index in [9.17, 15) is 4.79 Å². The average molecular weight is 302 g/mol. The van der Waals surface area contributed by atoms with E-state index >= 15 is 0 Å². The Morgan fingerprint density at radius 2 is 2.12 bits per heavy atom. The third-order valence-corrected chi connectivity index (χ3v) is 3.61. The maximum absolute atomic E-state index is 11.5. The fourth-order valence-corrected chi connectivity index (χ4v) is 2.43. The highest BCUT2D eigenvalue weighted by Crippen LogP contribution is 2.20. The topological polar surface area (TPSA) is 78.2 Å². The molecule has 0 atom stereocenters. The Morgan fingerprint density at radius 1 is 1.41 bits per heavy atom. The molecule has 7 heteroatoms. The number of aromatic nitrogens is 2. The second-order valence-electron chi connectivity index (χ2n) is 3.99. The smallest absolute Gasteiger partial charge is 0.267 e.